The Morgan fingerprint density at radius 3 is 2.55 bits per heavy atom. The van der Waals surface area contributed by atoms with E-state index in [-0.39, 0.29) is 0 Å². The Morgan fingerprint density at radius 1 is 1.15 bits per heavy atom. The van der Waals surface area contributed by atoms with Crippen LogP contribution in [0.2, 0.25) is 19.6 Å². The molecule has 1 aromatic heterocycles. The molecule has 1 aromatic carbocycles. The number of hydrogen-bond donors (Lipinski definition) is 0. The highest BCUT2D eigenvalue weighted by atomic mass is 28.3. The molecule has 2 aromatic rings. The average molecular weight is 286 g/mol. The van der Waals surface area contributed by atoms with Gasteiger partial charge in [0.25, 0.3) is 0 Å². The van der Waals surface area contributed by atoms with Gasteiger partial charge in [0.1, 0.15) is 11.5 Å². The number of ether oxygens (including phenoxy) is 1. The van der Waals surface area contributed by atoms with Crippen molar-refractivity contribution in [1.82, 2.24) is 0 Å². The second-order valence-corrected chi connectivity index (χ2v) is 11.3. The summed E-state index contributed by atoms with van der Waals surface area (Å²) in [5.74, 6) is 1.81. The van der Waals surface area contributed by atoms with Crippen LogP contribution in [0.3, 0.4) is 0 Å². The summed E-state index contributed by atoms with van der Waals surface area (Å²) in [4.78, 5) is 0. The molecule has 0 saturated heterocycles. The van der Waals surface area contributed by atoms with Crippen LogP contribution in [0.5, 0.6) is 5.75 Å². The third-order valence-electron chi connectivity index (χ3n) is 3.38. The molecule has 0 fully saturated rings. The number of rotatable bonds is 5. The molecular weight excluding hydrogens is 264 g/mol. The maximum absolute atomic E-state index is 5.38. The molecule has 0 N–H and O–H groups in total. The van der Waals surface area contributed by atoms with Crippen molar-refractivity contribution in [2.24, 2.45) is 0 Å². The van der Waals surface area contributed by atoms with Crippen molar-refractivity contribution in [3.8, 4) is 5.75 Å². The molecule has 0 radical (unpaired) electrons. The lowest BCUT2D eigenvalue weighted by molar-refractivity contribution is 0.414. The number of furan rings is 1. The average Bonchev–Trinajstić information content (AvgIpc) is 2.91. The lowest BCUT2D eigenvalue weighted by atomic mass is 10.1. The van der Waals surface area contributed by atoms with Crippen molar-refractivity contribution in [3.63, 3.8) is 0 Å². The van der Waals surface area contributed by atoms with Gasteiger partial charge in [-0.15, -0.1) is 0 Å². The van der Waals surface area contributed by atoms with Gasteiger partial charge in [0.05, 0.1) is 21.4 Å². The summed E-state index contributed by atoms with van der Waals surface area (Å²) in [6.07, 6.45) is 6.04. The number of benzene rings is 1. The molecule has 2 rings (SSSR count). The number of hydrogen-bond acceptors (Lipinski definition) is 2. The van der Waals surface area contributed by atoms with Gasteiger partial charge in [0.2, 0.25) is 0 Å². The van der Waals surface area contributed by atoms with Gasteiger partial charge in [-0.05, 0) is 41.4 Å². The van der Waals surface area contributed by atoms with E-state index < -0.39 is 8.07 Å². The van der Waals surface area contributed by atoms with E-state index in [9.17, 15) is 0 Å². The van der Waals surface area contributed by atoms with E-state index in [1.54, 1.807) is 13.4 Å². The summed E-state index contributed by atoms with van der Waals surface area (Å²) in [5, 5.41) is 0. The van der Waals surface area contributed by atoms with Crippen LogP contribution in [0.25, 0.3) is 6.08 Å². The Hall–Kier alpha value is -1.74. The zero-order chi connectivity index (χ0) is 14.6. The Morgan fingerprint density at radius 2 is 1.95 bits per heavy atom. The summed E-state index contributed by atoms with van der Waals surface area (Å²) >= 11 is 0. The maximum atomic E-state index is 5.38. The lowest BCUT2D eigenvalue weighted by Gasteiger charge is -2.27. The molecule has 0 aliphatic rings. The minimum atomic E-state index is -1.38. The molecule has 106 valence electrons. The third kappa shape index (κ3) is 3.64. The summed E-state index contributed by atoms with van der Waals surface area (Å²) < 4.78 is 10.7. The highest BCUT2D eigenvalue weighted by molar-refractivity contribution is 6.78. The molecule has 0 spiro atoms. The van der Waals surface area contributed by atoms with E-state index in [0.717, 1.165) is 11.5 Å². The van der Waals surface area contributed by atoms with Crippen molar-refractivity contribution in [2.75, 3.05) is 7.11 Å². The van der Waals surface area contributed by atoms with Gasteiger partial charge in [0, 0.05) is 0 Å². The van der Waals surface area contributed by atoms with E-state index >= 15 is 0 Å². The van der Waals surface area contributed by atoms with Gasteiger partial charge in [-0.3, -0.25) is 0 Å². The Labute approximate surface area is 122 Å². The summed E-state index contributed by atoms with van der Waals surface area (Å²) in [6, 6.07) is 12.2. The van der Waals surface area contributed by atoms with Crippen molar-refractivity contribution in [2.45, 2.75) is 25.2 Å². The van der Waals surface area contributed by atoms with Gasteiger partial charge in [-0.25, -0.2) is 0 Å². The largest absolute Gasteiger partial charge is 0.497 e. The Kier molecular flexibility index (Phi) is 4.50. The summed E-state index contributed by atoms with van der Waals surface area (Å²) in [5.41, 5.74) is 1.74. The monoisotopic (exact) mass is 286 g/mol. The highest BCUT2D eigenvalue weighted by Crippen LogP contribution is 2.31. The second kappa shape index (κ2) is 6.14. The zero-order valence-electron chi connectivity index (χ0n) is 12.6. The topological polar surface area (TPSA) is 22.4 Å². The fourth-order valence-electron chi connectivity index (χ4n) is 2.31. The van der Waals surface area contributed by atoms with Crippen LogP contribution in [0.4, 0.5) is 0 Å². The number of methoxy groups -OCH3 is 1. The van der Waals surface area contributed by atoms with Gasteiger partial charge < -0.3 is 9.15 Å². The predicted octanol–water partition coefficient (Wildman–Crippen LogP) is 4.96. The van der Waals surface area contributed by atoms with Gasteiger partial charge in [-0.2, -0.15) is 0 Å². The normalized spacial score (nSPS) is 13.6. The molecule has 0 bridgehead atoms. The van der Waals surface area contributed by atoms with E-state index in [1.165, 1.54) is 5.56 Å². The lowest BCUT2D eigenvalue weighted by Crippen LogP contribution is -2.29. The first-order valence-corrected chi connectivity index (χ1v) is 10.4. The first-order valence-electron chi connectivity index (χ1n) is 6.86. The molecule has 1 heterocycles. The third-order valence-corrected chi connectivity index (χ3v) is 5.77. The Bertz CT molecular complexity index is 565. The van der Waals surface area contributed by atoms with Crippen LogP contribution in [0.1, 0.15) is 16.9 Å². The Balaban J connectivity index is 2.32. The van der Waals surface area contributed by atoms with Crippen LogP contribution in [0.15, 0.2) is 53.2 Å². The predicted molar refractivity (Wildman–Crippen MR) is 86.8 cm³/mol. The quantitative estimate of drug-likeness (QED) is 0.725. The molecule has 1 atom stereocenters. The molecule has 0 amide bonds. The van der Waals surface area contributed by atoms with Crippen molar-refractivity contribution >= 4 is 14.1 Å². The minimum Gasteiger partial charge on any atom is -0.497 e. The first kappa shape index (κ1) is 14.7. The SMILES string of the molecule is COc1cccc([C@H](/C=C/c2ccco2)[Si](C)(C)C)c1. The van der Waals surface area contributed by atoms with Crippen molar-refractivity contribution in [3.05, 3.63) is 60.1 Å². The van der Waals surface area contributed by atoms with Crippen LogP contribution >= 0.6 is 0 Å². The molecule has 2 nitrogen and oxygen atoms in total. The fourth-order valence-corrected chi connectivity index (χ4v) is 4.17. The maximum Gasteiger partial charge on any atom is 0.126 e. The van der Waals surface area contributed by atoms with E-state index in [2.05, 4.69) is 50.0 Å². The molecule has 0 aliphatic heterocycles. The summed E-state index contributed by atoms with van der Waals surface area (Å²) in [6.45, 7) is 7.14. The smallest absolute Gasteiger partial charge is 0.126 e. The van der Waals surface area contributed by atoms with Crippen molar-refractivity contribution < 1.29 is 9.15 Å². The van der Waals surface area contributed by atoms with Crippen LogP contribution in [0, 0.1) is 0 Å². The molecule has 0 aliphatic carbocycles. The van der Waals surface area contributed by atoms with E-state index in [4.69, 9.17) is 9.15 Å². The molecule has 0 saturated carbocycles. The zero-order valence-corrected chi connectivity index (χ0v) is 13.6. The van der Waals surface area contributed by atoms with Crippen LogP contribution < -0.4 is 4.74 Å². The van der Waals surface area contributed by atoms with Gasteiger partial charge in [0.15, 0.2) is 0 Å². The fraction of sp³-hybridized carbons (Fsp3) is 0.294. The van der Waals surface area contributed by atoms with Crippen LogP contribution in [-0.2, 0) is 0 Å². The molecular formula is C17H22O2Si. The number of allylic oxidation sites excluding steroid dienone is 1. The standard InChI is InChI=1S/C17H22O2Si/c1-18-16-8-5-7-14(13-16)17(20(2,3)4)11-10-15-9-6-12-19-15/h5-13,17H,1-4H3/b11-10+/t17-/m0/s1. The van der Waals surface area contributed by atoms with Gasteiger partial charge in [-0.1, -0.05) is 37.8 Å². The molecule has 0 unspecified atom stereocenters. The molecule has 20 heavy (non-hydrogen) atoms. The van der Waals surface area contributed by atoms with Crippen LogP contribution in [-0.4, -0.2) is 15.2 Å². The van der Waals surface area contributed by atoms with Gasteiger partial charge >= 0.3 is 0 Å². The second-order valence-electron chi connectivity index (χ2n) is 5.99. The first-order chi connectivity index (χ1) is 9.50. The van der Waals surface area contributed by atoms with E-state index in [1.807, 2.05) is 18.2 Å². The summed E-state index contributed by atoms with van der Waals surface area (Å²) in [7, 11) is 0.329. The molecule has 3 heteroatoms. The minimum absolute atomic E-state index is 0.433. The highest BCUT2D eigenvalue weighted by Gasteiger charge is 2.26. The van der Waals surface area contributed by atoms with Crippen molar-refractivity contribution in [1.29, 1.82) is 0 Å². The van der Waals surface area contributed by atoms with E-state index in [0.29, 0.717) is 5.54 Å².